The molecule has 1 aliphatic carbocycles. The van der Waals surface area contributed by atoms with Crippen LogP contribution in [0.3, 0.4) is 0 Å². The molecule has 0 spiro atoms. The molecule has 1 aliphatic rings. The minimum absolute atomic E-state index is 0.0121. The lowest BCUT2D eigenvalue weighted by atomic mass is 9.99. The third kappa shape index (κ3) is 3.60. The third-order valence-corrected chi connectivity index (χ3v) is 6.09. The van der Waals surface area contributed by atoms with Crippen LogP contribution < -0.4 is 11.1 Å². The van der Waals surface area contributed by atoms with E-state index in [1.165, 1.54) is 16.5 Å². The number of hydrogen-bond donors (Lipinski definition) is 2. The molecule has 3 heteroatoms. The van der Waals surface area contributed by atoms with Crippen LogP contribution in [0.4, 0.5) is 5.69 Å². The molecular weight excluding hydrogens is 368 g/mol. The smallest absolute Gasteiger partial charge is 0.228 e. The fourth-order valence-electron chi connectivity index (χ4n) is 4.30. The van der Waals surface area contributed by atoms with Crippen LogP contribution in [-0.2, 0) is 16.8 Å². The first-order valence-electron chi connectivity index (χ1n) is 10.3. The number of amides is 1. The van der Waals surface area contributed by atoms with E-state index >= 15 is 0 Å². The molecule has 148 valence electrons. The Balaban J connectivity index is 1.23. The van der Waals surface area contributed by atoms with Gasteiger partial charge in [-0.1, -0.05) is 84.9 Å². The Kier molecular flexibility index (Phi) is 4.61. The zero-order chi connectivity index (χ0) is 20.6. The van der Waals surface area contributed by atoms with Crippen LogP contribution in [0.1, 0.15) is 29.0 Å². The number of hydrogen-bond acceptors (Lipinski definition) is 2. The molecule has 3 nitrogen and oxygen atoms in total. The molecule has 30 heavy (non-hydrogen) atoms. The maximum Gasteiger partial charge on any atom is 0.228 e. The molecule has 0 aliphatic heterocycles. The number of nitrogens with two attached hydrogens (primary N) is 1. The average molecular weight is 393 g/mol. The lowest BCUT2D eigenvalue weighted by Gasteiger charge is -2.13. The Morgan fingerprint density at radius 1 is 0.867 bits per heavy atom. The van der Waals surface area contributed by atoms with Gasteiger partial charge in [0.15, 0.2) is 0 Å². The summed E-state index contributed by atoms with van der Waals surface area (Å²) in [6.07, 6.45) is 1.31. The summed E-state index contributed by atoms with van der Waals surface area (Å²) in [5.41, 5.74) is 10.6. The van der Waals surface area contributed by atoms with Gasteiger partial charge in [0.05, 0.1) is 6.42 Å². The van der Waals surface area contributed by atoms with Crippen molar-refractivity contribution in [2.45, 2.75) is 24.3 Å². The van der Waals surface area contributed by atoms with Crippen molar-refractivity contribution in [1.82, 2.24) is 0 Å². The van der Waals surface area contributed by atoms with Crippen LogP contribution in [0.15, 0.2) is 97.1 Å². The lowest BCUT2D eigenvalue weighted by Crippen LogP contribution is -2.21. The van der Waals surface area contributed by atoms with E-state index in [1.807, 2.05) is 48.5 Å². The first-order valence-corrected chi connectivity index (χ1v) is 10.3. The van der Waals surface area contributed by atoms with Crippen LogP contribution in [0.25, 0.3) is 10.8 Å². The second-order valence-corrected chi connectivity index (χ2v) is 8.19. The number of benzene rings is 4. The predicted molar refractivity (Wildman–Crippen MR) is 122 cm³/mol. The van der Waals surface area contributed by atoms with Crippen molar-refractivity contribution in [3.05, 3.63) is 114 Å². The largest absolute Gasteiger partial charge is 0.326 e. The highest BCUT2D eigenvalue weighted by atomic mass is 16.1. The number of carbonyl (C=O) groups is 1. The van der Waals surface area contributed by atoms with E-state index in [2.05, 4.69) is 53.8 Å². The number of carbonyl (C=O) groups excluding carboxylic acids is 1. The summed E-state index contributed by atoms with van der Waals surface area (Å²) >= 11 is 0. The Labute approximate surface area is 176 Å². The summed E-state index contributed by atoms with van der Waals surface area (Å²) in [4.78, 5) is 12.5. The van der Waals surface area contributed by atoms with Crippen LogP contribution in [-0.4, -0.2) is 5.91 Å². The van der Waals surface area contributed by atoms with E-state index in [-0.39, 0.29) is 11.4 Å². The van der Waals surface area contributed by atoms with Gasteiger partial charge in [0.1, 0.15) is 0 Å². The summed E-state index contributed by atoms with van der Waals surface area (Å²) in [5, 5.41) is 5.34. The molecule has 5 rings (SSSR count). The fourth-order valence-corrected chi connectivity index (χ4v) is 4.30. The topological polar surface area (TPSA) is 55.1 Å². The van der Waals surface area contributed by atoms with Crippen LogP contribution >= 0.6 is 0 Å². The molecule has 1 saturated carbocycles. The molecule has 4 aromatic rings. The van der Waals surface area contributed by atoms with Crippen molar-refractivity contribution in [3.63, 3.8) is 0 Å². The number of rotatable bonds is 5. The van der Waals surface area contributed by atoms with E-state index in [4.69, 9.17) is 5.73 Å². The summed E-state index contributed by atoms with van der Waals surface area (Å²) in [6.45, 7) is 0. The highest BCUT2D eigenvalue weighted by molar-refractivity contribution is 5.93. The molecule has 0 saturated heterocycles. The third-order valence-electron chi connectivity index (χ3n) is 6.09. The first kappa shape index (κ1) is 18.6. The van der Waals surface area contributed by atoms with Gasteiger partial charge in [-0.05, 0) is 46.0 Å². The molecular formula is C27H24N2O. The molecule has 0 aromatic heterocycles. The predicted octanol–water partition coefficient (Wildman–Crippen LogP) is 5.36. The molecule has 4 aromatic carbocycles. The Morgan fingerprint density at radius 2 is 1.57 bits per heavy atom. The SMILES string of the molecule is NC1(c2ccccc2)C[C@H]1c1ccc(NC(=O)Cc2ccc3ccccc3c2)cc1. The lowest BCUT2D eigenvalue weighted by molar-refractivity contribution is -0.115. The summed E-state index contributed by atoms with van der Waals surface area (Å²) in [5.74, 6) is 0.309. The van der Waals surface area contributed by atoms with Gasteiger partial charge in [-0.2, -0.15) is 0 Å². The molecule has 0 bridgehead atoms. The second kappa shape index (κ2) is 7.43. The minimum Gasteiger partial charge on any atom is -0.326 e. The molecule has 0 heterocycles. The van der Waals surface area contributed by atoms with Gasteiger partial charge < -0.3 is 11.1 Å². The van der Waals surface area contributed by atoms with Gasteiger partial charge in [-0.25, -0.2) is 0 Å². The summed E-state index contributed by atoms with van der Waals surface area (Å²) in [7, 11) is 0. The number of anilines is 1. The van der Waals surface area contributed by atoms with Crippen molar-refractivity contribution in [2.24, 2.45) is 5.73 Å². The second-order valence-electron chi connectivity index (χ2n) is 8.19. The van der Waals surface area contributed by atoms with E-state index < -0.39 is 0 Å². The van der Waals surface area contributed by atoms with E-state index in [9.17, 15) is 4.79 Å². The van der Waals surface area contributed by atoms with E-state index in [0.29, 0.717) is 12.3 Å². The highest BCUT2D eigenvalue weighted by Gasteiger charge is 2.52. The zero-order valence-corrected chi connectivity index (χ0v) is 16.7. The monoisotopic (exact) mass is 392 g/mol. The van der Waals surface area contributed by atoms with Crippen molar-refractivity contribution in [2.75, 3.05) is 5.32 Å². The van der Waals surface area contributed by atoms with Gasteiger partial charge in [0.25, 0.3) is 0 Å². The normalized spacial score (nSPS) is 20.1. The Bertz CT molecular complexity index is 1200. The van der Waals surface area contributed by atoms with Crippen LogP contribution in [0.2, 0.25) is 0 Å². The van der Waals surface area contributed by atoms with Crippen molar-refractivity contribution < 1.29 is 4.79 Å². The molecule has 1 amide bonds. The van der Waals surface area contributed by atoms with Crippen molar-refractivity contribution in [3.8, 4) is 0 Å². The highest BCUT2D eigenvalue weighted by Crippen LogP contribution is 2.56. The summed E-state index contributed by atoms with van der Waals surface area (Å²) in [6, 6.07) is 32.7. The Hall–Kier alpha value is -3.43. The van der Waals surface area contributed by atoms with Crippen molar-refractivity contribution in [1.29, 1.82) is 0 Å². The number of nitrogens with one attached hydrogen (secondary N) is 1. The van der Waals surface area contributed by atoms with Crippen LogP contribution in [0, 0.1) is 0 Å². The maximum absolute atomic E-state index is 12.5. The molecule has 1 fully saturated rings. The quantitative estimate of drug-likeness (QED) is 0.480. The van der Waals surface area contributed by atoms with Gasteiger partial charge in [0, 0.05) is 17.1 Å². The average Bonchev–Trinajstić information content (AvgIpc) is 3.47. The minimum atomic E-state index is -0.276. The van der Waals surface area contributed by atoms with E-state index in [0.717, 1.165) is 23.1 Å². The molecule has 3 N–H and O–H groups in total. The van der Waals surface area contributed by atoms with E-state index in [1.54, 1.807) is 0 Å². The van der Waals surface area contributed by atoms with Gasteiger partial charge >= 0.3 is 0 Å². The zero-order valence-electron chi connectivity index (χ0n) is 16.7. The van der Waals surface area contributed by atoms with Crippen molar-refractivity contribution >= 4 is 22.4 Å². The first-order chi connectivity index (χ1) is 14.6. The molecule has 2 atom stereocenters. The van der Waals surface area contributed by atoms with Crippen LogP contribution in [0.5, 0.6) is 0 Å². The maximum atomic E-state index is 12.5. The Morgan fingerprint density at radius 3 is 2.33 bits per heavy atom. The van der Waals surface area contributed by atoms with Gasteiger partial charge in [-0.3, -0.25) is 4.79 Å². The number of fused-ring (bicyclic) bond motifs is 1. The molecule has 1 unspecified atom stereocenters. The fraction of sp³-hybridized carbons (Fsp3) is 0.148. The van der Waals surface area contributed by atoms with Gasteiger partial charge in [0.2, 0.25) is 5.91 Å². The van der Waals surface area contributed by atoms with Gasteiger partial charge in [-0.15, -0.1) is 0 Å². The molecule has 0 radical (unpaired) electrons. The standard InChI is InChI=1S/C27H24N2O/c28-27(23-8-2-1-3-9-23)18-25(27)21-12-14-24(15-13-21)29-26(30)17-19-10-11-20-6-4-5-7-22(20)16-19/h1-16,25H,17-18,28H2,(H,29,30)/t25-,27?/m0/s1. The summed E-state index contributed by atoms with van der Waals surface area (Å²) < 4.78 is 0.